The third-order valence-electron chi connectivity index (χ3n) is 4.44. The molecule has 0 bridgehead atoms. The number of nitrogens with zero attached hydrogens (tertiary/aromatic N) is 2. The molecule has 0 saturated heterocycles. The molecule has 0 spiro atoms. The second-order valence-corrected chi connectivity index (χ2v) is 7.73. The Kier molecular flexibility index (Phi) is 6.09. The number of primary amides is 1. The highest BCUT2D eigenvalue weighted by Gasteiger charge is 2.19. The summed E-state index contributed by atoms with van der Waals surface area (Å²) in [5.41, 5.74) is 7.91. The summed E-state index contributed by atoms with van der Waals surface area (Å²) < 4.78 is 7.02. The van der Waals surface area contributed by atoms with Gasteiger partial charge in [-0.3, -0.25) is 14.3 Å². The van der Waals surface area contributed by atoms with Gasteiger partial charge in [-0.15, -0.1) is 11.3 Å². The van der Waals surface area contributed by atoms with E-state index in [-0.39, 0.29) is 12.5 Å². The van der Waals surface area contributed by atoms with Gasteiger partial charge in [-0.05, 0) is 41.3 Å². The minimum atomic E-state index is -0.550. The Labute approximate surface area is 183 Å². The average molecular weight is 433 g/mol. The molecule has 0 atom stereocenters. The first-order chi connectivity index (χ1) is 15.1. The predicted molar refractivity (Wildman–Crippen MR) is 120 cm³/mol. The first-order valence-electron chi connectivity index (χ1n) is 9.56. The van der Waals surface area contributed by atoms with Crippen LogP contribution in [0.2, 0.25) is 0 Å². The van der Waals surface area contributed by atoms with Crippen molar-refractivity contribution in [2.24, 2.45) is 5.73 Å². The molecule has 7 nitrogen and oxygen atoms in total. The minimum absolute atomic E-state index is 0.198. The zero-order chi connectivity index (χ0) is 21.6. The van der Waals surface area contributed by atoms with Crippen LogP contribution in [0.4, 0.5) is 5.69 Å². The lowest BCUT2D eigenvalue weighted by atomic mass is 10.2. The van der Waals surface area contributed by atoms with Gasteiger partial charge in [-0.25, -0.2) is 0 Å². The van der Waals surface area contributed by atoms with Gasteiger partial charge in [-0.2, -0.15) is 5.10 Å². The van der Waals surface area contributed by atoms with Gasteiger partial charge in [0.15, 0.2) is 6.61 Å². The van der Waals surface area contributed by atoms with Crippen LogP contribution in [0.3, 0.4) is 0 Å². The zero-order valence-electron chi connectivity index (χ0n) is 16.5. The van der Waals surface area contributed by atoms with Crippen LogP contribution in [-0.2, 0) is 11.3 Å². The van der Waals surface area contributed by atoms with E-state index in [1.54, 1.807) is 35.1 Å². The van der Waals surface area contributed by atoms with Gasteiger partial charge in [-0.1, -0.05) is 36.4 Å². The summed E-state index contributed by atoms with van der Waals surface area (Å²) in [5.74, 6) is -0.314. The Morgan fingerprint density at radius 3 is 2.48 bits per heavy atom. The normalized spacial score (nSPS) is 10.6. The fourth-order valence-electron chi connectivity index (χ4n) is 3.02. The SMILES string of the molecule is NC(=O)COc1ccc(NC(=O)c2cn(Cc3ccccc3)nc2-c2cccs2)cc1. The molecule has 0 aliphatic rings. The highest BCUT2D eigenvalue weighted by Crippen LogP contribution is 2.28. The van der Waals surface area contributed by atoms with Crippen LogP contribution in [-0.4, -0.2) is 28.2 Å². The van der Waals surface area contributed by atoms with Crippen molar-refractivity contribution in [3.63, 3.8) is 0 Å². The smallest absolute Gasteiger partial charge is 0.259 e. The molecule has 4 rings (SSSR count). The van der Waals surface area contributed by atoms with Crippen molar-refractivity contribution in [2.75, 3.05) is 11.9 Å². The van der Waals surface area contributed by atoms with Gasteiger partial charge in [0.05, 0.1) is 17.0 Å². The van der Waals surface area contributed by atoms with Crippen molar-refractivity contribution < 1.29 is 14.3 Å². The van der Waals surface area contributed by atoms with Crippen molar-refractivity contribution in [1.29, 1.82) is 0 Å². The van der Waals surface area contributed by atoms with Crippen LogP contribution in [0, 0.1) is 0 Å². The molecule has 0 aliphatic carbocycles. The summed E-state index contributed by atoms with van der Waals surface area (Å²) in [6, 6.07) is 20.6. The lowest BCUT2D eigenvalue weighted by molar-refractivity contribution is -0.119. The molecule has 0 saturated carbocycles. The summed E-state index contributed by atoms with van der Waals surface area (Å²) in [7, 11) is 0. The van der Waals surface area contributed by atoms with Gasteiger partial charge < -0.3 is 15.8 Å². The number of aromatic nitrogens is 2. The summed E-state index contributed by atoms with van der Waals surface area (Å²) >= 11 is 1.53. The first-order valence-corrected chi connectivity index (χ1v) is 10.4. The van der Waals surface area contributed by atoms with E-state index >= 15 is 0 Å². The average Bonchev–Trinajstić information content (AvgIpc) is 3.44. The molecule has 0 unspecified atom stereocenters. The maximum Gasteiger partial charge on any atom is 0.259 e. The number of hydrogen-bond donors (Lipinski definition) is 2. The van der Waals surface area contributed by atoms with Gasteiger partial charge in [0, 0.05) is 11.9 Å². The first kappa shape index (κ1) is 20.4. The van der Waals surface area contributed by atoms with Gasteiger partial charge in [0.2, 0.25) is 0 Å². The fraction of sp³-hybridized carbons (Fsp3) is 0.0870. The van der Waals surface area contributed by atoms with Gasteiger partial charge in [0.1, 0.15) is 11.4 Å². The second kappa shape index (κ2) is 9.27. The van der Waals surface area contributed by atoms with Gasteiger partial charge >= 0.3 is 0 Å². The van der Waals surface area contributed by atoms with Crippen LogP contribution in [0.25, 0.3) is 10.6 Å². The van der Waals surface area contributed by atoms with E-state index in [4.69, 9.17) is 10.5 Å². The molecule has 31 heavy (non-hydrogen) atoms. The number of nitrogens with two attached hydrogens (primary N) is 1. The van der Waals surface area contributed by atoms with E-state index in [0.29, 0.717) is 29.2 Å². The predicted octanol–water partition coefficient (Wildman–Crippen LogP) is 3.78. The molecule has 0 radical (unpaired) electrons. The lowest BCUT2D eigenvalue weighted by Crippen LogP contribution is -2.20. The number of carbonyl (C=O) groups excluding carboxylic acids is 2. The molecule has 3 N–H and O–H groups in total. The van der Waals surface area contributed by atoms with E-state index in [9.17, 15) is 9.59 Å². The van der Waals surface area contributed by atoms with E-state index in [1.807, 2.05) is 47.8 Å². The van der Waals surface area contributed by atoms with Crippen LogP contribution in [0.1, 0.15) is 15.9 Å². The summed E-state index contributed by atoms with van der Waals surface area (Å²) in [4.78, 5) is 24.8. The van der Waals surface area contributed by atoms with Gasteiger partial charge in [0.25, 0.3) is 11.8 Å². The summed E-state index contributed by atoms with van der Waals surface area (Å²) in [5, 5.41) is 9.52. The molecule has 2 aromatic carbocycles. The number of ether oxygens (including phenoxy) is 1. The number of carbonyl (C=O) groups is 2. The lowest BCUT2D eigenvalue weighted by Gasteiger charge is -2.07. The monoisotopic (exact) mass is 432 g/mol. The zero-order valence-corrected chi connectivity index (χ0v) is 17.3. The number of thiophene rings is 1. The molecule has 156 valence electrons. The second-order valence-electron chi connectivity index (χ2n) is 6.79. The maximum atomic E-state index is 13.0. The van der Waals surface area contributed by atoms with Crippen molar-refractivity contribution in [2.45, 2.75) is 6.54 Å². The van der Waals surface area contributed by atoms with E-state index < -0.39 is 5.91 Å². The number of nitrogens with one attached hydrogen (secondary N) is 1. The van der Waals surface area contributed by atoms with Crippen molar-refractivity contribution in [1.82, 2.24) is 9.78 Å². The minimum Gasteiger partial charge on any atom is -0.484 e. The standard InChI is InChI=1S/C23H20N4O3S/c24-21(28)15-30-18-10-8-17(9-11-18)25-23(29)19-14-27(13-16-5-2-1-3-6-16)26-22(19)20-7-4-12-31-20/h1-12,14H,13,15H2,(H2,24,28)(H,25,29). The summed E-state index contributed by atoms with van der Waals surface area (Å²) in [6.07, 6.45) is 1.77. The molecular formula is C23H20N4O3S. The van der Waals surface area contributed by atoms with Crippen molar-refractivity contribution in [3.8, 4) is 16.3 Å². The third kappa shape index (κ3) is 5.18. The van der Waals surface area contributed by atoms with E-state index in [2.05, 4.69) is 10.4 Å². The highest BCUT2D eigenvalue weighted by atomic mass is 32.1. The van der Waals surface area contributed by atoms with E-state index in [1.165, 1.54) is 11.3 Å². The number of benzene rings is 2. The van der Waals surface area contributed by atoms with Crippen LogP contribution < -0.4 is 15.8 Å². The van der Waals surface area contributed by atoms with E-state index in [0.717, 1.165) is 10.4 Å². The molecule has 2 heterocycles. The number of amides is 2. The Morgan fingerprint density at radius 1 is 1.03 bits per heavy atom. The molecule has 0 fully saturated rings. The fourth-order valence-corrected chi connectivity index (χ4v) is 3.74. The molecular weight excluding hydrogens is 412 g/mol. The molecule has 2 aromatic heterocycles. The quantitative estimate of drug-likeness (QED) is 0.443. The Hall–Kier alpha value is -3.91. The summed E-state index contributed by atoms with van der Waals surface area (Å²) in [6.45, 7) is 0.370. The van der Waals surface area contributed by atoms with Crippen molar-refractivity contribution in [3.05, 3.63) is 89.4 Å². The number of anilines is 1. The number of hydrogen-bond acceptors (Lipinski definition) is 5. The van der Waals surface area contributed by atoms with Crippen molar-refractivity contribution >= 4 is 28.8 Å². The van der Waals surface area contributed by atoms with Crippen LogP contribution >= 0.6 is 11.3 Å². The van der Waals surface area contributed by atoms with Crippen LogP contribution in [0.15, 0.2) is 78.3 Å². The molecule has 4 aromatic rings. The Balaban J connectivity index is 1.54. The highest BCUT2D eigenvalue weighted by molar-refractivity contribution is 7.13. The Bertz CT molecular complexity index is 1170. The largest absolute Gasteiger partial charge is 0.484 e. The molecule has 2 amide bonds. The molecule has 0 aliphatic heterocycles. The Morgan fingerprint density at radius 2 is 1.81 bits per heavy atom. The third-order valence-corrected chi connectivity index (χ3v) is 5.32. The topological polar surface area (TPSA) is 99.2 Å². The molecule has 8 heteroatoms. The van der Waals surface area contributed by atoms with Crippen LogP contribution in [0.5, 0.6) is 5.75 Å². The maximum absolute atomic E-state index is 13.0. The number of rotatable bonds is 8.